The van der Waals surface area contributed by atoms with E-state index < -0.39 is 46.4 Å². The van der Waals surface area contributed by atoms with E-state index in [0.29, 0.717) is 6.07 Å². The van der Waals surface area contributed by atoms with Crippen LogP contribution in [0.15, 0.2) is 53.6 Å². The summed E-state index contributed by atoms with van der Waals surface area (Å²) in [6.45, 7) is -0.0240. The molecular weight excluding hydrogens is 531 g/mol. The van der Waals surface area contributed by atoms with Gasteiger partial charge in [-0.2, -0.15) is 0 Å². The third-order valence-electron chi connectivity index (χ3n) is 5.68. The van der Waals surface area contributed by atoms with Crippen molar-refractivity contribution in [2.24, 2.45) is 0 Å². The van der Waals surface area contributed by atoms with Crippen LogP contribution in [0.3, 0.4) is 0 Å². The van der Waals surface area contributed by atoms with Gasteiger partial charge in [0.15, 0.2) is 17.3 Å². The van der Waals surface area contributed by atoms with E-state index in [-0.39, 0.29) is 45.5 Å². The van der Waals surface area contributed by atoms with E-state index in [9.17, 15) is 28.3 Å². The van der Waals surface area contributed by atoms with Gasteiger partial charge in [-0.15, -0.1) is 0 Å². The smallest absolute Gasteiger partial charge is 0.261 e. The molecule has 188 valence electrons. The number of benzene rings is 1. The number of rotatable bonds is 4. The summed E-state index contributed by atoms with van der Waals surface area (Å²) < 4.78 is 29.4. The van der Waals surface area contributed by atoms with Gasteiger partial charge in [0.05, 0.1) is 46.4 Å². The average molecular weight is 546 g/mol. The number of anilines is 2. The molecule has 37 heavy (non-hydrogen) atoms. The first kappa shape index (κ1) is 24.8. The van der Waals surface area contributed by atoms with Crippen molar-refractivity contribution < 1.29 is 23.5 Å². The molecule has 1 aliphatic heterocycles. The highest BCUT2D eigenvalue weighted by Crippen LogP contribution is 2.30. The standard InChI is InChI=1S/C24H15Cl2F2N5O4/c25-15-2-1-3-16(26)20(15)31-24(37)14-10-33(23-17(28)6-11(27)8-29-23)22-13(21(14)36)4-5-18(30-22)32-9-12(34)7-19(32)35/h1-6,8,10,12,34H,7,9H2,(H,31,37). The van der Waals surface area contributed by atoms with Crippen LogP contribution in [0.4, 0.5) is 20.3 Å². The lowest BCUT2D eigenvalue weighted by molar-refractivity contribution is -0.117. The molecule has 3 aromatic heterocycles. The van der Waals surface area contributed by atoms with Crippen molar-refractivity contribution in [1.29, 1.82) is 0 Å². The second-order valence-corrected chi connectivity index (χ2v) is 8.97. The van der Waals surface area contributed by atoms with E-state index in [1.807, 2.05) is 0 Å². The lowest BCUT2D eigenvalue weighted by Crippen LogP contribution is -2.28. The Morgan fingerprint density at radius 3 is 2.51 bits per heavy atom. The molecular formula is C24H15Cl2F2N5O4. The lowest BCUT2D eigenvalue weighted by atomic mass is 10.1. The van der Waals surface area contributed by atoms with Gasteiger partial charge in [0, 0.05) is 12.3 Å². The highest BCUT2D eigenvalue weighted by Gasteiger charge is 2.31. The number of halogens is 4. The molecule has 2 N–H and O–H groups in total. The van der Waals surface area contributed by atoms with Crippen LogP contribution in [-0.2, 0) is 4.79 Å². The Kier molecular flexibility index (Phi) is 6.36. The number of para-hydroxylation sites is 1. The van der Waals surface area contributed by atoms with E-state index in [4.69, 9.17) is 23.2 Å². The minimum atomic E-state index is -1.09. The third-order valence-corrected chi connectivity index (χ3v) is 6.31. The van der Waals surface area contributed by atoms with E-state index in [2.05, 4.69) is 15.3 Å². The number of nitrogens with one attached hydrogen (secondary N) is 1. The number of aliphatic hydroxyl groups excluding tert-OH is 1. The van der Waals surface area contributed by atoms with E-state index >= 15 is 0 Å². The fourth-order valence-electron chi connectivity index (χ4n) is 3.96. The molecule has 5 rings (SSSR count). The van der Waals surface area contributed by atoms with E-state index in [0.717, 1.165) is 17.0 Å². The van der Waals surface area contributed by atoms with Gasteiger partial charge in [-0.3, -0.25) is 23.9 Å². The number of carbonyl (C=O) groups excluding carboxylic acids is 2. The number of β-amino-alcohol motifs (C(OH)–C–C–N with tert-alkyl or cyclic N) is 1. The van der Waals surface area contributed by atoms with Crippen molar-refractivity contribution in [3.8, 4) is 5.82 Å². The number of pyridine rings is 3. The number of aromatic nitrogens is 3. The van der Waals surface area contributed by atoms with Gasteiger partial charge in [0.25, 0.3) is 5.91 Å². The maximum atomic E-state index is 14.8. The lowest BCUT2D eigenvalue weighted by Gasteiger charge is -2.18. The second kappa shape index (κ2) is 9.51. The van der Waals surface area contributed by atoms with Crippen LogP contribution in [0.1, 0.15) is 16.8 Å². The SMILES string of the molecule is O=C(Nc1c(Cl)cccc1Cl)c1cn(-c2ncc(F)cc2F)c2nc(N3CC(O)CC3=O)ccc2c1=O. The van der Waals surface area contributed by atoms with Crippen LogP contribution < -0.4 is 15.6 Å². The van der Waals surface area contributed by atoms with Gasteiger partial charge in [-0.25, -0.2) is 18.7 Å². The molecule has 1 atom stereocenters. The largest absolute Gasteiger partial charge is 0.391 e. The van der Waals surface area contributed by atoms with Gasteiger partial charge in [-0.1, -0.05) is 29.3 Å². The second-order valence-electron chi connectivity index (χ2n) is 8.15. The summed E-state index contributed by atoms with van der Waals surface area (Å²) in [5, 5.41) is 12.4. The summed E-state index contributed by atoms with van der Waals surface area (Å²) in [7, 11) is 0. The molecule has 1 fully saturated rings. The average Bonchev–Trinajstić information content (AvgIpc) is 3.19. The van der Waals surface area contributed by atoms with Gasteiger partial charge in [-0.05, 0) is 24.3 Å². The van der Waals surface area contributed by atoms with E-state index in [1.165, 1.54) is 29.2 Å². The normalized spacial score (nSPS) is 15.4. The Hall–Kier alpha value is -3.93. The van der Waals surface area contributed by atoms with Crippen molar-refractivity contribution in [1.82, 2.24) is 14.5 Å². The minimum absolute atomic E-state index is 0.0240. The highest BCUT2D eigenvalue weighted by atomic mass is 35.5. The molecule has 4 heterocycles. The predicted molar refractivity (Wildman–Crippen MR) is 132 cm³/mol. The summed E-state index contributed by atoms with van der Waals surface area (Å²) in [5.74, 6) is -3.70. The number of amides is 2. The zero-order valence-electron chi connectivity index (χ0n) is 18.6. The molecule has 2 amide bonds. The summed E-state index contributed by atoms with van der Waals surface area (Å²) in [6.07, 6.45) is 0.761. The number of hydrogen-bond donors (Lipinski definition) is 2. The summed E-state index contributed by atoms with van der Waals surface area (Å²) in [6, 6.07) is 7.81. The monoisotopic (exact) mass is 545 g/mol. The van der Waals surface area contributed by atoms with Crippen molar-refractivity contribution in [2.75, 3.05) is 16.8 Å². The van der Waals surface area contributed by atoms with Crippen LogP contribution in [-0.4, -0.2) is 44.1 Å². The Morgan fingerprint density at radius 2 is 1.86 bits per heavy atom. The first-order chi connectivity index (χ1) is 17.6. The van der Waals surface area contributed by atoms with Gasteiger partial charge >= 0.3 is 0 Å². The van der Waals surface area contributed by atoms with Crippen molar-refractivity contribution in [2.45, 2.75) is 12.5 Å². The first-order valence-electron chi connectivity index (χ1n) is 10.8. The Morgan fingerprint density at radius 1 is 1.14 bits per heavy atom. The van der Waals surface area contributed by atoms with Crippen molar-refractivity contribution in [3.63, 3.8) is 0 Å². The molecule has 0 bridgehead atoms. The number of hydrogen-bond acceptors (Lipinski definition) is 6. The summed E-state index contributed by atoms with van der Waals surface area (Å²) in [4.78, 5) is 48.1. The fraction of sp³-hybridized carbons (Fsp3) is 0.125. The maximum Gasteiger partial charge on any atom is 0.261 e. The molecule has 0 aliphatic carbocycles. The van der Waals surface area contributed by atoms with Crippen LogP contribution in [0, 0.1) is 11.6 Å². The molecule has 1 saturated heterocycles. The number of fused-ring (bicyclic) bond motifs is 1. The number of aliphatic hydroxyl groups is 1. The summed E-state index contributed by atoms with van der Waals surface area (Å²) in [5.41, 5.74) is -1.29. The molecule has 1 aromatic carbocycles. The highest BCUT2D eigenvalue weighted by molar-refractivity contribution is 6.40. The Labute approximate surface area is 216 Å². The van der Waals surface area contributed by atoms with Gasteiger partial charge < -0.3 is 10.4 Å². The van der Waals surface area contributed by atoms with Crippen LogP contribution >= 0.6 is 23.2 Å². The van der Waals surface area contributed by atoms with Crippen LogP contribution in [0.25, 0.3) is 16.9 Å². The van der Waals surface area contributed by atoms with Gasteiger partial charge in [0.2, 0.25) is 11.3 Å². The summed E-state index contributed by atoms with van der Waals surface area (Å²) >= 11 is 12.2. The molecule has 0 spiro atoms. The maximum absolute atomic E-state index is 14.8. The first-order valence-corrected chi connectivity index (χ1v) is 11.5. The Balaban J connectivity index is 1.71. The Bertz CT molecular complexity index is 1640. The molecule has 1 unspecified atom stereocenters. The number of nitrogens with zero attached hydrogens (tertiary/aromatic N) is 4. The predicted octanol–water partition coefficient (Wildman–Crippen LogP) is 3.72. The fourth-order valence-corrected chi connectivity index (χ4v) is 4.45. The molecule has 4 aromatic rings. The minimum Gasteiger partial charge on any atom is -0.391 e. The van der Waals surface area contributed by atoms with Crippen LogP contribution in [0.5, 0.6) is 0 Å². The molecule has 13 heteroatoms. The molecule has 0 radical (unpaired) electrons. The van der Waals surface area contributed by atoms with Gasteiger partial charge in [0.1, 0.15) is 17.2 Å². The number of carbonyl (C=O) groups is 2. The zero-order valence-corrected chi connectivity index (χ0v) is 20.1. The quantitative estimate of drug-likeness (QED) is 0.403. The topological polar surface area (TPSA) is 117 Å². The van der Waals surface area contributed by atoms with E-state index in [1.54, 1.807) is 6.07 Å². The van der Waals surface area contributed by atoms with Crippen molar-refractivity contribution in [3.05, 3.63) is 86.3 Å². The zero-order chi connectivity index (χ0) is 26.4. The van der Waals surface area contributed by atoms with Crippen LogP contribution in [0.2, 0.25) is 10.0 Å². The molecule has 0 saturated carbocycles. The van der Waals surface area contributed by atoms with Crippen molar-refractivity contribution >= 4 is 57.6 Å². The molecule has 1 aliphatic rings. The molecule has 9 nitrogen and oxygen atoms in total. The third kappa shape index (κ3) is 4.52.